The maximum atomic E-state index is 5.46. The molecular weight excluding hydrogens is 268 g/mol. The van der Waals surface area contributed by atoms with Gasteiger partial charge in [0.1, 0.15) is 0 Å². The summed E-state index contributed by atoms with van der Waals surface area (Å²) in [6.07, 6.45) is 5.75. The molecular formula is C16H20N2O3. The Kier molecular flexibility index (Phi) is 4.98. The molecule has 2 rings (SSSR count). The molecule has 0 aliphatic carbocycles. The molecule has 0 fully saturated rings. The molecule has 0 atom stereocenters. The lowest BCUT2D eigenvalue weighted by Crippen LogP contribution is -1.99. The van der Waals surface area contributed by atoms with Crippen molar-refractivity contribution in [3.63, 3.8) is 0 Å². The van der Waals surface area contributed by atoms with Gasteiger partial charge < -0.3 is 14.2 Å². The topological polar surface area (TPSA) is 53.5 Å². The van der Waals surface area contributed by atoms with Gasteiger partial charge in [-0.2, -0.15) is 0 Å². The highest BCUT2D eigenvalue weighted by atomic mass is 16.5. The zero-order chi connectivity index (χ0) is 15.2. The van der Waals surface area contributed by atoms with Crippen LogP contribution in [0.25, 0.3) is 11.4 Å². The van der Waals surface area contributed by atoms with Crippen LogP contribution in [0.1, 0.15) is 18.9 Å². The molecule has 0 saturated heterocycles. The Balaban J connectivity index is 2.47. The molecule has 112 valence electrons. The van der Waals surface area contributed by atoms with Crippen LogP contribution in [-0.2, 0) is 6.42 Å². The number of benzene rings is 1. The van der Waals surface area contributed by atoms with Crippen molar-refractivity contribution >= 4 is 0 Å². The molecule has 0 bridgehead atoms. The van der Waals surface area contributed by atoms with Gasteiger partial charge in [0, 0.05) is 12.4 Å². The van der Waals surface area contributed by atoms with E-state index in [9.17, 15) is 0 Å². The number of hydrogen-bond donors (Lipinski definition) is 0. The summed E-state index contributed by atoms with van der Waals surface area (Å²) in [6, 6.07) is 3.69. The molecule has 21 heavy (non-hydrogen) atoms. The normalized spacial score (nSPS) is 10.3. The van der Waals surface area contributed by atoms with Gasteiger partial charge in [0.15, 0.2) is 17.3 Å². The third-order valence-electron chi connectivity index (χ3n) is 3.19. The monoisotopic (exact) mass is 288 g/mol. The van der Waals surface area contributed by atoms with Crippen molar-refractivity contribution in [2.45, 2.75) is 19.8 Å². The van der Waals surface area contributed by atoms with Gasteiger partial charge in [-0.3, -0.25) is 0 Å². The number of hydrogen-bond acceptors (Lipinski definition) is 5. The van der Waals surface area contributed by atoms with Crippen molar-refractivity contribution in [3.8, 4) is 28.6 Å². The van der Waals surface area contributed by atoms with Crippen molar-refractivity contribution in [2.24, 2.45) is 0 Å². The van der Waals surface area contributed by atoms with E-state index in [-0.39, 0.29) is 0 Å². The Bertz CT molecular complexity index is 597. The molecule has 0 unspecified atom stereocenters. The van der Waals surface area contributed by atoms with Crippen LogP contribution >= 0.6 is 0 Å². The van der Waals surface area contributed by atoms with Crippen LogP contribution in [0.2, 0.25) is 0 Å². The minimum Gasteiger partial charge on any atom is -0.493 e. The van der Waals surface area contributed by atoms with Gasteiger partial charge in [-0.05, 0) is 24.1 Å². The average Bonchev–Trinajstić information content (AvgIpc) is 2.54. The summed E-state index contributed by atoms with van der Waals surface area (Å²) in [5.41, 5.74) is 1.90. The molecule has 0 radical (unpaired) electrons. The molecule has 0 aliphatic rings. The summed E-state index contributed by atoms with van der Waals surface area (Å²) < 4.78 is 16.1. The van der Waals surface area contributed by atoms with Crippen molar-refractivity contribution in [1.29, 1.82) is 0 Å². The third kappa shape index (κ3) is 3.07. The lowest BCUT2D eigenvalue weighted by atomic mass is 10.1. The Labute approximate surface area is 124 Å². The highest BCUT2D eigenvalue weighted by Crippen LogP contribution is 2.43. The number of aryl methyl sites for hydroxylation is 1. The number of rotatable bonds is 6. The molecule has 0 amide bonds. The van der Waals surface area contributed by atoms with Crippen molar-refractivity contribution in [2.75, 3.05) is 21.3 Å². The van der Waals surface area contributed by atoms with E-state index in [1.54, 1.807) is 21.3 Å². The van der Waals surface area contributed by atoms with E-state index < -0.39 is 0 Å². The van der Waals surface area contributed by atoms with Gasteiger partial charge in [0.05, 0.1) is 26.9 Å². The molecule has 5 nitrogen and oxygen atoms in total. The minimum atomic E-state index is 0.540. The fourth-order valence-electron chi connectivity index (χ4n) is 2.19. The van der Waals surface area contributed by atoms with E-state index >= 15 is 0 Å². The maximum absolute atomic E-state index is 5.46. The van der Waals surface area contributed by atoms with E-state index in [2.05, 4.69) is 16.9 Å². The fourth-order valence-corrected chi connectivity index (χ4v) is 2.19. The van der Waals surface area contributed by atoms with Crippen LogP contribution in [0.5, 0.6) is 17.2 Å². The molecule has 0 saturated carbocycles. The van der Waals surface area contributed by atoms with E-state index in [0.717, 1.165) is 24.0 Å². The first kappa shape index (κ1) is 15.1. The zero-order valence-electron chi connectivity index (χ0n) is 12.8. The summed E-state index contributed by atoms with van der Waals surface area (Å²) in [5, 5.41) is 0. The smallest absolute Gasteiger partial charge is 0.204 e. The van der Waals surface area contributed by atoms with Gasteiger partial charge in [0.2, 0.25) is 5.75 Å². The van der Waals surface area contributed by atoms with E-state index in [1.807, 2.05) is 24.5 Å². The molecule has 1 heterocycles. The molecule has 0 N–H and O–H groups in total. The zero-order valence-corrected chi connectivity index (χ0v) is 12.8. The molecule has 0 aliphatic heterocycles. The Morgan fingerprint density at radius 1 is 0.905 bits per heavy atom. The van der Waals surface area contributed by atoms with Crippen molar-refractivity contribution < 1.29 is 14.2 Å². The maximum Gasteiger partial charge on any atom is 0.204 e. The first-order chi connectivity index (χ1) is 10.2. The lowest BCUT2D eigenvalue weighted by molar-refractivity contribution is 0.325. The van der Waals surface area contributed by atoms with Crippen molar-refractivity contribution in [3.05, 3.63) is 30.1 Å². The number of methoxy groups -OCH3 is 3. The summed E-state index contributed by atoms with van der Waals surface area (Å²) in [6.45, 7) is 2.13. The highest BCUT2D eigenvalue weighted by Gasteiger charge is 2.18. The van der Waals surface area contributed by atoms with Gasteiger partial charge in [0.25, 0.3) is 0 Å². The third-order valence-corrected chi connectivity index (χ3v) is 3.19. The number of aromatic nitrogens is 2. The fraction of sp³-hybridized carbons (Fsp3) is 0.375. The van der Waals surface area contributed by atoms with E-state index in [1.165, 1.54) is 0 Å². The van der Waals surface area contributed by atoms with Crippen LogP contribution in [0.4, 0.5) is 0 Å². The first-order valence-electron chi connectivity index (χ1n) is 6.85. The largest absolute Gasteiger partial charge is 0.493 e. The first-order valence-corrected chi connectivity index (χ1v) is 6.85. The van der Waals surface area contributed by atoms with Crippen LogP contribution in [-0.4, -0.2) is 31.3 Å². The standard InChI is InChI=1S/C16H20N2O3/c1-5-6-11-9-17-16(18-10-11)12-7-8-13(19-2)15(21-4)14(12)20-3/h7-10H,5-6H2,1-4H3. The average molecular weight is 288 g/mol. The van der Waals surface area contributed by atoms with Gasteiger partial charge in [-0.1, -0.05) is 13.3 Å². The summed E-state index contributed by atoms with van der Waals surface area (Å²) >= 11 is 0. The highest BCUT2D eigenvalue weighted by molar-refractivity contribution is 5.72. The minimum absolute atomic E-state index is 0.540. The van der Waals surface area contributed by atoms with Crippen molar-refractivity contribution in [1.82, 2.24) is 9.97 Å². The van der Waals surface area contributed by atoms with E-state index in [0.29, 0.717) is 23.1 Å². The quantitative estimate of drug-likeness (QED) is 0.817. The van der Waals surface area contributed by atoms with Crippen LogP contribution in [0.3, 0.4) is 0 Å². The molecule has 5 heteroatoms. The van der Waals surface area contributed by atoms with Gasteiger partial charge in [-0.15, -0.1) is 0 Å². The van der Waals surface area contributed by atoms with Crippen LogP contribution < -0.4 is 14.2 Å². The lowest BCUT2D eigenvalue weighted by Gasteiger charge is -2.15. The number of nitrogens with zero attached hydrogens (tertiary/aromatic N) is 2. The van der Waals surface area contributed by atoms with E-state index in [4.69, 9.17) is 14.2 Å². The second kappa shape index (κ2) is 6.92. The Hall–Kier alpha value is -2.30. The van der Waals surface area contributed by atoms with Crippen LogP contribution in [0.15, 0.2) is 24.5 Å². The SMILES string of the molecule is CCCc1cnc(-c2ccc(OC)c(OC)c2OC)nc1. The second-order valence-corrected chi connectivity index (χ2v) is 4.55. The van der Waals surface area contributed by atoms with Gasteiger partial charge >= 0.3 is 0 Å². The summed E-state index contributed by atoms with van der Waals surface area (Å²) in [7, 11) is 4.76. The predicted octanol–water partition coefficient (Wildman–Crippen LogP) is 3.12. The molecule has 1 aromatic carbocycles. The predicted molar refractivity (Wildman–Crippen MR) is 81.1 cm³/mol. The summed E-state index contributed by atoms with van der Waals surface area (Å²) in [5.74, 6) is 2.33. The Morgan fingerprint density at radius 2 is 1.57 bits per heavy atom. The van der Waals surface area contributed by atoms with Crippen LogP contribution in [0, 0.1) is 0 Å². The second-order valence-electron chi connectivity index (χ2n) is 4.55. The Morgan fingerprint density at radius 3 is 2.10 bits per heavy atom. The molecule has 0 spiro atoms. The molecule has 1 aromatic heterocycles. The summed E-state index contributed by atoms with van der Waals surface area (Å²) in [4.78, 5) is 8.84. The van der Waals surface area contributed by atoms with Gasteiger partial charge in [-0.25, -0.2) is 9.97 Å². The molecule has 2 aromatic rings. The number of ether oxygens (including phenoxy) is 3.